The Bertz CT molecular complexity index is 466. The van der Waals surface area contributed by atoms with Gasteiger partial charge in [-0.05, 0) is 13.8 Å². The molecule has 0 aliphatic rings. The van der Waals surface area contributed by atoms with Gasteiger partial charge in [-0.2, -0.15) is 5.10 Å². The van der Waals surface area contributed by atoms with Crippen LogP contribution in [0.4, 0.5) is 5.82 Å². The lowest BCUT2D eigenvalue weighted by Crippen LogP contribution is -2.03. The van der Waals surface area contributed by atoms with Gasteiger partial charge >= 0.3 is 0 Å². The number of nitrogens with zero attached hydrogens (tertiary/aromatic N) is 4. The van der Waals surface area contributed by atoms with Crippen LogP contribution in [0.2, 0.25) is 0 Å². The Kier molecular flexibility index (Phi) is 2.22. The van der Waals surface area contributed by atoms with Gasteiger partial charge in [0, 0.05) is 24.8 Å². The average Bonchev–Trinajstić information content (AvgIpc) is 2.71. The quantitative estimate of drug-likeness (QED) is 0.807. The highest BCUT2D eigenvalue weighted by molar-refractivity contribution is 5.69. The molecule has 0 aliphatic carbocycles. The summed E-state index contributed by atoms with van der Waals surface area (Å²) in [6, 6.07) is 0.322. The molecule has 0 bridgehead atoms. The number of anilines is 1. The smallest absolute Gasteiger partial charge is 0.131 e. The third-order valence-corrected chi connectivity index (χ3v) is 2.37. The van der Waals surface area contributed by atoms with Gasteiger partial charge in [-0.3, -0.25) is 4.68 Å². The van der Waals surface area contributed by atoms with Crippen molar-refractivity contribution in [1.29, 1.82) is 0 Å². The molecule has 15 heavy (non-hydrogen) atoms. The zero-order chi connectivity index (χ0) is 11.0. The predicted molar refractivity (Wildman–Crippen MR) is 59.2 cm³/mol. The van der Waals surface area contributed by atoms with E-state index in [1.807, 2.05) is 17.8 Å². The highest BCUT2D eigenvalue weighted by Crippen LogP contribution is 2.25. The van der Waals surface area contributed by atoms with Crippen LogP contribution in [-0.4, -0.2) is 19.3 Å². The normalized spacial score (nSPS) is 11.2. The Hall–Kier alpha value is -1.78. The average molecular weight is 205 g/mol. The minimum absolute atomic E-state index is 0.322. The van der Waals surface area contributed by atoms with Crippen LogP contribution < -0.4 is 5.73 Å². The lowest BCUT2D eigenvalue weighted by molar-refractivity contribution is 0.607. The molecule has 2 aromatic heterocycles. The third-order valence-electron chi connectivity index (χ3n) is 2.37. The van der Waals surface area contributed by atoms with E-state index in [1.165, 1.54) is 0 Å². The molecule has 80 valence electrons. The third kappa shape index (κ3) is 1.60. The molecule has 0 radical (unpaired) electrons. The van der Waals surface area contributed by atoms with Crippen LogP contribution >= 0.6 is 0 Å². The molecule has 0 unspecified atom stereocenters. The van der Waals surface area contributed by atoms with Crippen molar-refractivity contribution in [3.63, 3.8) is 0 Å². The van der Waals surface area contributed by atoms with Crippen molar-refractivity contribution in [2.75, 3.05) is 5.73 Å². The lowest BCUT2D eigenvalue weighted by atomic mass is 10.2. The summed E-state index contributed by atoms with van der Waals surface area (Å²) in [6.07, 6.45) is 5.44. The van der Waals surface area contributed by atoms with Gasteiger partial charge in [0.2, 0.25) is 0 Å². The van der Waals surface area contributed by atoms with Crippen LogP contribution in [0, 0.1) is 0 Å². The number of imidazole rings is 1. The Balaban J connectivity index is 2.46. The minimum Gasteiger partial charge on any atom is -0.383 e. The predicted octanol–water partition coefficient (Wildman–Crippen LogP) is 1.45. The van der Waals surface area contributed by atoms with E-state index in [0.717, 1.165) is 11.3 Å². The lowest BCUT2D eigenvalue weighted by Gasteiger charge is -2.08. The van der Waals surface area contributed by atoms with E-state index in [4.69, 9.17) is 5.73 Å². The Morgan fingerprint density at radius 3 is 2.60 bits per heavy atom. The number of nitrogens with two attached hydrogens (primary N) is 1. The number of nitrogen functional groups attached to an aromatic ring is 1. The molecule has 0 saturated carbocycles. The summed E-state index contributed by atoms with van der Waals surface area (Å²) < 4.78 is 3.69. The fourth-order valence-electron chi connectivity index (χ4n) is 1.55. The van der Waals surface area contributed by atoms with Crippen molar-refractivity contribution in [1.82, 2.24) is 19.3 Å². The van der Waals surface area contributed by atoms with Crippen LogP contribution in [0.5, 0.6) is 0 Å². The molecule has 0 spiro atoms. The largest absolute Gasteiger partial charge is 0.383 e. The van der Waals surface area contributed by atoms with Gasteiger partial charge < -0.3 is 10.3 Å². The molecular formula is C10H15N5. The molecular weight excluding hydrogens is 190 g/mol. The maximum Gasteiger partial charge on any atom is 0.131 e. The fourth-order valence-corrected chi connectivity index (χ4v) is 1.55. The molecule has 2 aromatic rings. The maximum absolute atomic E-state index is 6.01. The first kappa shape index (κ1) is 9.76. The molecule has 2 N–H and O–H groups in total. The van der Waals surface area contributed by atoms with E-state index in [0.29, 0.717) is 11.9 Å². The zero-order valence-corrected chi connectivity index (χ0v) is 9.18. The van der Waals surface area contributed by atoms with E-state index < -0.39 is 0 Å². The molecule has 2 heterocycles. The number of hydrogen-bond acceptors (Lipinski definition) is 3. The first-order valence-electron chi connectivity index (χ1n) is 4.91. The summed E-state index contributed by atoms with van der Waals surface area (Å²) in [4.78, 5) is 4.31. The summed E-state index contributed by atoms with van der Waals surface area (Å²) in [5.74, 6) is 0.693. The number of hydrogen-bond donors (Lipinski definition) is 1. The van der Waals surface area contributed by atoms with Crippen LogP contribution in [0.3, 0.4) is 0 Å². The monoisotopic (exact) mass is 205 g/mol. The van der Waals surface area contributed by atoms with E-state index in [9.17, 15) is 0 Å². The number of aryl methyl sites for hydroxylation is 1. The summed E-state index contributed by atoms with van der Waals surface area (Å²) in [7, 11) is 1.87. The van der Waals surface area contributed by atoms with E-state index >= 15 is 0 Å². The molecule has 2 rings (SSSR count). The van der Waals surface area contributed by atoms with Gasteiger partial charge in [-0.15, -0.1) is 0 Å². The molecule has 0 saturated heterocycles. The van der Waals surface area contributed by atoms with Gasteiger partial charge in [-0.1, -0.05) is 0 Å². The van der Waals surface area contributed by atoms with Crippen LogP contribution in [0.15, 0.2) is 18.7 Å². The van der Waals surface area contributed by atoms with Crippen molar-refractivity contribution in [2.24, 2.45) is 7.05 Å². The van der Waals surface area contributed by atoms with Crippen molar-refractivity contribution in [3.05, 3.63) is 18.7 Å². The van der Waals surface area contributed by atoms with Crippen molar-refractivity contribution in [3.8, 4) is 11.3 Å². The molecule has 0 atom stereocenters. The van der Waals surface area contributed by atoms with E-state index in [2.05, 4.69) is 23.9 Å². The topological polar surface area (TPSA) is 61.7 Å². The fraction of sp³-hybridized carbons (Fsp3) is 0.400. The Labute approximate surface area is 88.5 Å². The zero-order valence-electron chi connectivity index (χ0n) is 9.18. The molecule has 0 aromatic carbocycles. The summed E-state index contributed by atoms with van der Waals surface area (Å²) in [5.41, 5.74) is 7.76. The summed E-state index contributed by atoms with van der Waals surface area (Å²) in [6.45, 7) is 4.15. The molecule has 0 fully saturated rings. The van der Waals surface area contributed by atoms with Gasteiger partial charge in [0.1, 0.15) is 11.5 Å². The number of aromatic nitrogens is 4. The van der Waals surface area contributed by atoms with E-state index in [-0.39, 0.29) is 0 Å². The molecule has 0 amide bonds. The highest BCUT2D eigenvalue weighted by Gasteiger charge is 2.12. The van der Waals surface area contributed by atoms with Gasteiger partial charge in [0.05, 0.1) is 12.5 Å². The van der Waals surface area contributed by atoms with Crippen molar-refractivity contribution < 1.29 is 0 Å². The standard InChI is InChI=1S/C10H15N5/c1-7(2)15-6-12-9(10(15)11)8-4-13-14(3)5-8/h4-7H,11H2,1-3H3. The van der Waals surface area contributed by atoms with Crippen molar-refractivity contribution in [2.45, 2.75) is 19.9 Å². The Morgan fingerprint density at radius 2 is 2.13 bits per heavy atom. The highest BCUT2D eigenvalue weighted by atomic mass is 15.2. The Morgan fingerprint density at radius 1 is 1.40 bits per heavy atom. The van der Waals surface area contributed by atoms with Gasteiger partial charge in [0.15, 0.2) is 0 Å². The second-order valence-corrected chi connectivity index (χ2v) is 3.88. The maximum atomic E-state index is 6.01. The molecule has 5 nitrogen and oxygen atoms in total. The second kappa shape index (κ2) is 3.42. The first-order chi connectivity index (χ1) is 7.09. The molecule has 0 aliphatic heterocycles. The van der Waals surface area contributed by atoms with Gasteiger partial charge in [-0.25, -0.2) is 4.98 Å². The molecule has 5 heteroatoms. The minimum atomic E-state index is 0.322. The van der Waals surface area contributed by atoms with E-state index in [1.54, 1.807) is 17.2 Å². The summed E-state index contributed by atoms with van der Waals surface area (Å²) >= 11 is 0. The SMILES string of the molecule is CC(C)n1cnc(-c2cnn(C)c2)c1N. The number of rotatable bonds is 2. The first-order valence-corrected chi connectivity index (χ1v) is 4.91. The van der Waals surface area contributed by atoms with Crippen LogP contribution in [0.1, 0.15) is 19.9 Å². The summed E-state index contributed by atoms with van der Waals surface area (Å²) in [5, 5.41) is 4.10. The van der Waals surface area contributed by atoms with Crippen LogP contribution in [-0.2, 0) is 7.05 Å². The van der Waals surface area contributed by atoms with Gasteiger partial charge in [0.25, 0.3) is 0 Å². The van der Waals surface area contributed by atoms with Crippen molar-refractivity contribution >= 4 is 5.82 Å². The second-order valence-electron chi connectivity index (χ2n) is 3.88. The van der Waals surface area contributed by atoms with Crippen LogP contribution in [0.25, 0.3) is 11.3 Å².